The molecule has 108 valence electrons. The Morgan fingerprint density at radius 1 is 1.20 bits per heavy atom. The van der Waals surface area contributed by atoms with Gasteiger partial charge >= 0.3 is 5.97 Å². The molecule has 0 saturated carbocycles. The van der Waals surface area contributed by atoms with E-state index in [4.69, 9.17) is 5.11 Å². The fraction of sp³-hybridized carbons (Fsp3) is 0.769. The summed E-state index contributed by atoms with van der Waals surface area (Å²) in [5.74, 6) is -1.01. The molecule has 0 aromatic carbocycles. The van der Waals surface area contributed by atoms with Crippen molar-refractivity contribution in [3.63, 3.8) is 0 Å². The van der Waals surface area contributed by atoms with Crippen molar-refractivity contribution >= 4 is 5.97 Å². The highest BCUT2D eigenvalue weighted by Crippen LogP contribution is 2.35. The number of carboxylic acids is 1. The van der Waals surface area contributed by atoms with Crippen molar-refractivity contribution in [3.8, 4) is 0 Å². The fourth-order valence-electron chi connectivity index (χ4n) is 3.96. The fourth-order valence-corrected chi connectivity index (χ4v) is 3.96. The van der Waals surface area contributed by atoms with E-state index in [2.05, 4.69) is 20.1 Å². The third kappa shape index (κ3) is 1.84. The first-order valence-corrected chi connectivity index (χ1v) is 7.35. The van der Waals surface area contributed by atoms with Gasteiger partial charge in [-0.15, -0.1) is 5.10 Å². The Morgan fingerprint density at radius 3 is 2.75 bits per heavy atom. The van der Waals surface area contributed by atoms with Crippen LogP contribution >= 0.6 is 0 Å². The average molecular weight is 277 g/mol. The molecule has 0 aliphatic carbocycles. The summed E-state index contributed by atoms with van der Waals surface area (Å²) in [6, 6.07) is 1.73. The molecule has 3 saturated heterocycles. The summed E-state index contributed by atoms with van der Waals surface area (Å²) < 4.78 is 1.71. The van der Waals surface area contributed by atoms with Gasteiger partial charge in [-0.3, -0.25) is 9.80 Å². The molecule has 3 aliphatic heterocycles. The van der Waals surface area contributed by atoms with Crippen LogP contribution in [0.15, 0.2) is 6.20 Å². The quantitative estimate of drug-likeness (QED) is 0.843. The summed E-state index contributed by atoms with van der Waals surface area (Å²) in [5, 5.41) is 16.5. The number of carboxylic acid groups (broad SMARTS) is 1. The van der Waals surface area contributed by atoms with Gasteiger partial charge in [0.1, 0.15) is 0 Å². The number of aromatic carboxylic acids is 1. The van der Waals surface area contributed by atoms with Gasteiger partial charge in [0, 0.05) is 31.7 Å². The predicted octanol–water partition coefficient (Wildman–Crippen LogP) is 0.0697. The van der Waals surface area contributed by atoms with Gasteiger partial charge in [-0.25, -0.2) is 9.48 Å². The summed E-state index contributed by atoms with van der Waals surface area (Å²) in [6.07, 6.45) is 5.48. The highest BCUT2D eigenvalue weighted by Gasteiger charge is 2.44. The zero-order valence-corrected chi connectivity index (χ0v) is 11.4. The highest BCUT2D eigenvalue weighted by molar-refractivity contribution is 5.84. The van der Waals surface area contributed by atoms with Crippen LogP contribution in [0.5, 0.6) is 0 Å². The first-order valence-electron chi connectivity index (χ1n) is 7.35. The molecule has 0 amide bonds. The number of nitrogens with zero attached hydrogens (tertiary/aromatic N) is 5. The summed E-state index contributed by atoms with van der Waals surface area (Å²) in [7, 11) is 0. The lowest BCUT2D eigenvalue weighted by Gasteiger charge is -2.44. The molecule has 7 heteroatoms. The first-order chi connectivity index (χ1) is 9.72. The Labute approximate surface area is 117 Å². The van der Waals surface area contributed by atoms with E-state index >= 15 is 0 Å². The molecule has 0 radical (unpaired) electrons. The Bertz CT molecular complexity index is 525. The van der Waals surface area contributed by atoms with Crippen LogP contribution in [0, 0.1) is 0 Å². The summed E-state index contributed by atoms with van der Waals surface area (Å²) >= 11 is 0. The second kappa shape index (κ2) is 4.53. The van der Waals surface area contributed by atoms with Crippen LogP contribution in [0.25, 0.3) is 0 Å². The number of aromatic nitrogens is 3. The Balaban J connectivity index is 1.38. The van der Waals surface area contributed by atoms with Crippen molar-refractivity contribution in [2.75, 3.05) is 26.2 Å². The van der Waals surface area contributed by atoms with Crippen molar-refractivity contribution in [2.24, 2.45) is 0 Å². The molecule has 0 bridgehead atoms. The second-order valence-corrected chi connectivity index (χ2v) is 6.10. The summed E-state index contributed by atoms with van der Waals surface area (Å²) in [5.41, 5.74) is 0.0336. The van der Waals surface area contributed by atoms with E-state index in [0.717, 1.165) is 19.1 Å². The first kappa shape index (κ1) is 12.3. The van der Waals surface area contributed by atoms with Gasteiger partial charge in [0.05, 0.1) is 12.2 Å². The number of hydrogen-bond donors (Lipinski definition) is 1. The largest absolute Gasteiger partial charge is 0.476 e. The van der Waals surface area contributed by atoms with E-state index in [0.29, 0.717) is 6.04 Å². The number of carbonyl (C=O) groups is 1. The molecule has 1 aromatic heterocycles. The molecule has 3 aliphatic rings. The Kier molecular flexibility index (Phi) is 2.78. The zero-order chi connectivity index (χ0) is 13.7. The second-order valence-electron chi connectivity index (χ2n) is 6.10. The van der Waals surface area contributed by atoms with Crippen LogP contribution in [0.4, 0.5) is 0 Å². The molecule has 20 heavy (non-hydrogen) atoms. The maximum absolute atomic E-state index is 10.8. The minimum Gasteiger partial charge on any atom is -0.476 e. The van der Waals surface area contributed by atoms with Crippen molar-refractivity contribution < 1.29 is 9.90 Å². The third-order valence-electron chi connectivity index (χ3n) is 5.03. The summed E-state index contributed by atoms with van der Waals surface area (Å²) in [6.45, 7) is 4.45. The number of fused-ring (bicyclic) bond motifs is 1. The van der Waals surface area contributed by atoms with Gasteiger partial charge in [0.15, 0.2) is 5.69 Å². The molecule has 2 unspecified atom stereocenters. The number of likely N-dealkylation sites (tertiary alicyclic amines) is 1. The predicted molar refractivity (Wildman–Crippen MR) is 70.6 cm³/mol. The van der Waals surface area contributed by atoms with E-state index in [9.17, 15) is 4.79 Å². The van der Waals surface area contributed by atoms with Gasteiger partial charge in [-0.05, 0) is 25.8 Å². The molecule has 3 fully saturated rings. The lowest BCUT2D eigenvalue weighted by Crippen LogP contribution is -2.55. The molecule has 4 rings (SSSR count). The van der Waals surface area contributed by atoms with Crippen molar-refractivity contribution in [1.29, 1.82) is 0 Å². The molecule has 1 aromatic rings. The van der Waals surface area contributed by atoms with Crippen LogP contribution < -0.4 is 0 Å². The highest BCUT2D eigenvalue weighted by atomic mass is 16.4. The zero-order valence-electron chi connectivity index (χ0n) is 11.4. The molecular weight excluding hydrogens is 258 g/mol. The molecular formula is C13H19N5O2. The van der Waals surface area contributed by atoms with Crippen LogP contribution in [0.1, 0.15) is 35.8 Å². The monoisotopic (exact) mass is 277 g/mol. The standard InChI is InChI=1S/C13H19N5O2/c19-13(20)10-8-18(15-14-10)9-6-17(7-9)12-3-5-16-4-1-2-11(12)16/h8-9,11-12H,1-7H2,(H,19,20). The van der Waals surface area contributed by atoms with Gasteiger partial charge < -0.3 is 5.11 Å². The molecule has 4 heterocycles. The van der Waals surface area contributed by atoms with Gasteiger partial charge in [0.25, 0.3) is 0 Å². The topological polar surface area (TPSA) is 74.5 Å². The van der Waals surface area contributed by atoms with E-state index in [1.54, 1.807) is 10.9 Å². The van der Waals surface area contributed by atoms with E-state index in [1.165, 1.54) is 32.4 Å². The van der Waals surface area contributed by atoms with E-state index < -0.39 is 5.97 Å². The molecule has 7 nitrogen and oxygen atoms in total. The average Bonchev–Trinajstić information content (AvgIpc) is 3.03. The van der Waals surface area contributed by atoms with Crippen LogP contribution in [-0.2, 0) is 0 Å². The molecule has 2 atom stereocenters. The van der Waals surface area contributed by atoms with Crippen LogP contribution in [-0.4, -0.2) is 74.1 Å². The molecule has 0 spiro atoms. The van der Waals surface area contributed by atoms with Crippen molar-refractivity contribution in [3.05, 3.63) is 11.9 Å². The minimum atomic E-state index is -1.01. The third-order valence-corrected chi connectivity index (χ3v) is 5.03. The van der Waals surface area contributed by atoms with Crippen LogP contribution in [0.3, 0.4) is 0 Å². The van der Waals surface area contributed by atoms with Gasteiger partial charge in [-0.2, -0.15) is 0 Å². The van der Waals surface area contributed by atoms with Crippen molar-refractivity contribution in [2.45, 2.75) is 37.4 Å². The van der Waals surface area contributed by atoms with E-state index in [1.807, 2.05) is 0 Å². The minimum absolute atomic E-state index is 0.0336. The lowest BCUT2D eigenvalue weighted by molar-refractivity contribution is 0.0394. The van der Waals surface area contributed by atoms with Crippen LogP contribution in [0.2, 0.25) is 0 Å². The van der Waals surface area contributed by atoms with E-state index in [-0.39, 0.29) is 11.7 Å². The van der Waals surface area contributed by atoms with Gasteiger partial charge in [0.2, 0.25) is 0 Å². The smallest absolute Gasteiger partial charge is 0.358 e. The van der Waals surface area contributed by atoms with Crippen molar-refractivity contribution in [1.82, 2.24) is 24.8 Å². The normalized spacial score (nSPS) is 31.4. The Hall–Kier alpha value is -1.47. The molecule has 1 N–H and O–H groups in total. The number of hydrogen-bond acceptors (Lipinski definition) is 5. The lowest BCUT2D eigenvalue weighted by atomic mass is 9.98. The summed E-state index contributed by atoms with van der Waals surface area (Å²) in [4.78, 5) is 16.0. The SMILES string of the molecule is O=C(O)c1cn(C2CN(C3CCN4CCCC34)C2)nn1. The maximum atomic E-state index is 10.8. The van der Waals surface area contributed by atoms with Gasteiger partial charge in [-0.1, -0.05) is 5.21 Å². The maximum Gasteiger partial charge on any atom is 0.358 e. The number of rotatable bonds is 3. The Morgan fingerprint density at radius 2 is 2.00 bits per heavy atom.